The highest BCUT2D eigenvalue weighted by Gasteiger charge is 2.16. The largest absolute Gasteiger partial charge is 0.504 e. The highest BCUT2D eigenvalue weighted by Crippen LogP contribution is 2.37. The van der Waals surface area contributed by atoms with Gasteiger partial charge in [0.25, 0.3) is 0 Å². The summed E-state index contributed by atoms with van der Waals surface area (Å²) < 4.78 is 23.0. The predicted octanol–water partition coefficient (Wildman–Crippen LogP) is 6.76. The minimum atomic E-state index is -0.743. The summed E-state index contributed by atoms with van der Waals surface area (Å²) in [6, 6.07) is 11.4. The summed E-state index contributed by atoms with van der Waals surface area (Å²) in [5, 5.41) is 56.4. The van der Waals surface area contributed by atoms with Crippen LogP contribution in [0.2, 0.25) is 0 Å². The number of unbranched alkanes of at least 4 members (excludes halogenated alkanes) is 5. The molecule has 2 atom stereocenters. The van der Waals surface area contributed by atoms with Gasteiger partial charge in [0, 0.05) is 43.7 Å². The van der Waals surface area contributed by atoms with Crippen molar-refractivity contribution in [3.8, 4) is 46.0 Å². The highest BCUT2D eigenvalue weighted by atomic mass is 32.2. The van der Waals surface area contributed by atoms with Gasteiger partial charge in [-0.2, -0.15) is 0 Å². The first-order chi connectivity index (χ1) is 21.0. The van der Waals surface area contributed by atoms with E-state index < -0.39 is 22.3 Å². The Bertz CT molecular complexity index is 1350. The molecule has 0 fully saturated rings. The number of hydrogen-bond acceptors (Lipinski definition) is 11. The van der Waals surface area contributed by atoms with Crippen molar-refractivity contribution in [3.05, 3.63) is 59.2 Å². The molecule has 0 radical (unpaired) electrons. The van der Waals surface area contributed by atoms with Gasteiger partial charge in [0.15, 0.2) is 34.5 Å². The molecule has 3 aromatic rings. The van der Waals surface area contributed by atoms with E-state index in [-0.39, 0.29) is 28.2 Å². The third kappa shape index (κ3) is 11.1. The van der Waals surface area contributed by atoms with Crippen LogP contribution in [0.15, 0.2) is 42.5 Å². The van der Waals surface area contributed by atoms with E-state index in [0.717, 1.165) is 30.1 Å². The van der Waals surface area contributed by atoms with Crippen molar-refractivity contribution in [3.63, 3.8) is 0 Å². The van der Waals surface area contributed by atoms with Gasteiger partial charge >= 0.3 is 0 Å². The zero-order valence-electron chi connectivity index (χ0n) is 24.8. The number of ether oxygens (including phenoxy) is 2. The first-order valence-electron chi connectivity index (χ1n) is 14.2. The maximum absolute atomic E-state index is 12.3. The van der Waals surface area contributed by atoms with E-state index in [1.165, 1.54) is 72.7 Å². The average Bonchev–Trinajstić information content (AvgIpc) is 3.49. The van der Waals surface area contributed by atoms with Gasteiger partial charge in [-0.05, 0) is 54.8 Å². The Morgan fingerprint density at radius 1 is 0.750 bits per heavy atom. The number of thiocarbonyl (C=S) groups is 2. The van der Waals surface area contributed by atoms with Gasteiger partial charge in [-0.3, -0.25) is 4.21 Å². The highest BCUT2D eigenvalue weighted by molar-refractivity contribution is 7.85. The summed E-state index contributed by atoms with van der Waals surface area (Å²) in [4.78, 5) is 0. The van der Waals surface area contributed by atoms with Crippen LogP contribution >= 0.6 is 24.4 Å². The number of phenolic OH excluding ortho intramolecular Hbond substituents is 6. The Balaban J connectivity index is 0.000000257. The van der Waals surface area contributed by atoms with E-state index >= 15 is 0 Å². The molecule has 12 heteroatoms. The Morgan fingerprint density at radius 2 is 1.27 bits per heavy atom. The smallest absolute Gasteiger partial charge is 0.231 e. The van der Waals surface area contributed by atoms with Gasteiger partial charge < -0.3 is 40.1 Å². The van der Waals surface area contributed by atoms with Crippen LogP contribution < -0.4 is 9.47 Å². The van der Waals surface area contributed by atoms with Crippen LogP contribution in [0.1, 0.15) is 69.1 Å². The number of aromatic hydroxyl groups is 6. The maximum Gasteiger partial charge on any atom is 0.231 e. The van der Waals surface area contributed by atoms with Crippen molar-refractivity contribution in [1.29, 1.82) is 0 Å². The average molecular weight is 665 g/mol. The quantitative estimate of drug-likeness (QED) is 0.0691. The summed E-state index contributed by atoms with van der Waals surface area (Å²) in [6.07, 6.45) is 8.32. The van der Waals surface area contributed by atoms with Crippen LogP contribution in [-0.4, -0.2) is 63.4 Å². The maximum atomic E-state index is 12.3. The van der Waals surface area contributed by atoms with Gasteiger partial charge in [-0.1, -0.05) is 76.5 Å². The number of phenols is 6. The molecule has 1 heterocycles. The van der Waals surface area contributed by atoms with E-state index in [1.807, 2.05) is 18.2 Å². The first kappa shape index (κ1) is 36.6. The zero-order valence-corrected chi connectivity index (χ0v) is 27.2. The molecule has 1 aliphatic rings. The molecule has 0 aromatic heterocycles. The fourth-order valence-corrected chi connectivity index (χ4v) is 5.73. The summed E-state index contributed by atoms with van der Waals surface area (Å²) >= 11 is 9.06. The van der Waals surface area contributed by atoms with E-state index in [4.69, 9.17) is 40.1 Å². The second-order valence-corrected chi connectivity index (χ2v) is 12.5. The van der Waals surface area contributed by atoms with E-state index in [0.29, 0.717) is 17.9 Å². The summed E-state index contributed by atoms with van der Waals surface area (Å²) in [6.45, 7) is 4.61. The predicted molar refractivity (Wildman–Crippen MR) is 181 cm³/mol. The van der Waals surface area contributed by atoms with Crippen molar-refractivity contribution < 1.29 is 44.3 Å². The molecule has 240 valence electrons. The van der Waals surface area contributed by atoms with Crippen LogP contribution in [-0.2, 0) is 17.2 Å². The van der Waals surface area contributed by atoms with E-state index in [1.54, 1.807) is 0 Å². The Morgan fingerprint density at radius 3 is 1.82 bits per heavy atom. The van der Waals surface area contributed by atoms with Gasteiger partial charge in [0.1, 0.15) is 0 Å². The molecule has 0 saturated heterocycles. The molecule has 0 bridgehead atoms. The zero-order chi connectivity index (χ0) is 32.6. The third-order valence-corrected chi connectivity index (χ3v) is 8.95. The lowest BCUT2D eigenvalue weighted by molar-refractivity contribution is 0.174. The fourth-order valence-electron chi connectivity index (χ4n) is 4.08. The molecule has 0 aliphatic carbocycles. The van der Waals surface area contributed by atoms with Crippen molar-refractivity contribution in [2.75, 3.05) is 12.5 Å². The van der Waals surface area contributed by atoms with Gasteiger partial charge in [0.2, 0.25) is 18.3 Å². The van der Waals surface area contributed by atoms with Crippen molar-refractivity contribution in [2.24, 2.45) is 0 Å². The molecule has 0 saturated carbocycles. The normalized spacial score (nSPS) is 12.6. The molecule has 1 aliphatic heterocycles. The Labute approximate surface area is 271 Å². The third-order valence-electron chi connectivity index (χ3n) is 6.68. The van der Waals surface area contributed by atoms with Crippen molar-refractivity contribution in [2.45, 2.75) is 64.0 Å². The second-order valence-electron chi connectivity index (χ2n) is 10.0. The Kier molecular flexibility index (Phi) is 15.7. The fraction of sp³-hybridized carbons (Fsp3) is 0.375. The SMILES string of the molecule is CCCCCCCCS(=O)C(C)Cc1ccc2c(c1)OCO2.Oc1ccc(C=S)c(O)c1O.Oc1ccc(C=S)c(O)c1O. The van der Waals surface area contributed by atoms with Crippen molar-refractivity contribution >= 4 is 46.0 Å². The lowest BCUT2D eigenvalue weighted by Crippen LogP contribution is -2.16. The van der Waals surface area contributed by atoms with Crippen LogP contribution in [0.5, 0.6) is 46.0 Å². The van der Waals surface area contributed by atoms with E-state index in [9.17, 15) is 4.21 Å². The minimum absolute atomic E-state index is 0.191. The molecule has 0 amide bonds. The van der Waals surface area contributed by atoms with Crippen molar-refractivity contribution in [1.82, 2.24) is 0 Å². The van der Waals surface area contributed by atoms with Crippen LogP contribution in [0, 0.1) is 0 Å². The number of rotatable bonds is 12. The lowest BCUT2D eigenvalue weighted by atomic mass is 10.1. The molecule has 3 aromatic carbocycles. The topological polar surface area (TPSA) is 157 Å². The van der Waals surface area contributed by atoms with Gasteiger partial charge in [-0.15, -0.1) is 0 Å². The molecule has 6 N–H and O–H groups in total. The lowest BCUT2D eigenvalue weighted by Gasteiger charge is -2.12. The first-order valence-corrected chi connectivity index (χ1v) is 16.5. The molecule has 4 rings (SSSR count). The molecule has 2 unspecified atom stereocenters. The second kappa shape index (κ2) is 18.9. The number of hydrogen-bond donors (Lipinski definition) is 6. The summed E-state index contributed by atoms with van der Waals surface area (Å²) in [5.74, 6) is -0.118. The number of fused-ring (bicyclic) bond motifs is 1. The molecule has 44 heavy (non-hydrogen) atoms. The van der Waals surface area contributed by atoms with E-state index in [2.05, 4.69) is 38.3 Å². The van der Waals surface area contributed by atoms with Gasteiger partial charge in [-0.25, -0.2) is 0 Å². The van der Waals surface area contributed by atoms with Crippen LogP contribution in [0.4, 0.5) is 0 Å². The standard InChI is InChI=1S/C18H28O3S.2C7H6O3S/c1-3-4-5-6-7-8-11-22(19)15(2)12-16-9-10-17-18(13-16)21-14-20-17;2*8-5-2-1-4(3-11)6(9)7(5)10/h9-10,13,15H,3-8,11-12,14H2,1-2H3;2*1-3,8-10H. The number of benzene rings is 3. The monoisotopic (exact) mass is 664 g/mol. The molecule has 9 nitrogen and oxygen atoms in total. The molecular weight excluding hydrogens is 625 g/mol. The Hall–Kier alpha value is -3.61. The molecular formula is C32H40O9S3. The molecule has 0 spiro atoms. The van der Waals surface area contributed by atoms with Crippen LogP contribution in [0.3, 0.4) is 0 Å². The minimum Gasteiger partial charge on any atom is -0.504 e. The van der Waals surface area contributed by atoms with Gasteiger partial charge in [0.05, 0.1) is 0 Å². The van der Waals surface area contributed by atoms with Crippen LogP contribution in [0.25, 0.3) is 0 Å². The summed E-state index contributed by atoms with van der Waals surface area (Å²) in [7, 11) is -0.743. The summed E-state index contributed by atoms with van der Waals surface area (Å²) in [5.41, 5.74) is 1.80.